The lowest BCUT2D eigenvalue weighted by Gasteiger charge is -2.04. The molecule has 11 heavy (non-hydrogen) atoms. The van der Waals surface area contributed by atoms with Crippen LogP contribution in [-0.2, 0) is 0 Å². The minimum atomic E-state index is 0.795. The summed E-state index contributed by atoms with van der Waals surface area (Å²) < 4.78 is 5.91. The Morgan fingerprint density at radius 1 is 1.55 bits per heavy atom. The van der Waals surface area contributed by atoms with Crippen LogP contribution in [0.2, 0.25) is 0 Å². The number of benzene rings is 1. The molecule has 0 heterocycles. The highest BCUT2D eigenvalue weighted by molar-refractivity contribution is 9.10. The number of methoxy groups -OCH3 is 1. The number of nitrogen functional groups attached to an aromatic ring is 1. The monoisotopic (exact) mass is 216 g/mol. The van der Waals surface area contributed by atoms with E-state index in [0.29, 0.717) is 0 Å². The molecule has 0 unspecified atom stereocenters. The summed E-state index contributed by atoms with van der Waals surface area (Å²) in [7, 11) is 1.62. The molecule has 0 aliphatic carbocycles. The molecule has 0 aliphatic heterocycles. The van der Waals surface area contributed by atoms with E-state index >= 15 is 0 Å². The van der Waals surface area contributed by atoms with E-state index in [4.69, 9.17) is 10.6 Å². The van der Waals surface area contributed by atoms with Crippen LogP contribution < -0.4 is 16.0 Å². The first-order valence-corrected chi connectivity index (χ1v) is 3.87. The fourth-order valence-corrected chi connectivity index (χ4v) is 1.30. The number of halogens is 1. The zero-order chi connectivity index (χ0) is 8.27. The molecule has 3 nitrogen and oxygen atoms in total. The molecule has 0 bridgehead atoms. The van der Waals surface area contributed by atoms with Crippen molar-refractivity contribution in [2.75, 3.05) is 12.5 Å². The number of hydrazine groups is 1. The first-order valence-electron chi connectivity index (χ1n) is 3.08. The highest BCUT2D eigenvalue weighted by atomic mass is 79.9. The summed E-state index contributed by atoms with van der Waals surface area (Å²) in [5.41, 5.74) is 3.38. The Labute approximate surface area is 73.6 Å². The Morgan fingerprint density at radius 3 is 2.73 bits per heavy atom. The highest BCUT2D eigenvalue weighted by Crippen LogP contribution is 2.26. The Kier molecular flexibility index (Phi) is 2.73. The maximum atomic E-state index is 5.20. The van der Waals surface area contributed by atoms with Gasteiger partial charge in [-0.15, -0.1) is 0 Å². The number of ether oxygens (including phenoxy) is 1. The van der Waals surface area contributed by atoms with E-state index < -0.39 is 0 Å². The van der Waals surface area contributed by atoms with Gasteiger partial charge in [-0.1, -0.05) is 0 Å². The number of nitrogens with two attached hydrogens (primary N) is 1. The van der Waals surface area contributed by atoms with E-state index in [1.807, 2.05) is 18.2 Å². The quantitative estimate of drug-likeness (QED) is 0.585. The fraction of sp³-hybridized carbons (Fsp3) is 0.143. The zero-order valence-corrected chi connectivity index (χ0v) is 7.68. The molecule has 0 amide bonds. The first kappa shape index (κ1) is 8.36. The summed E-state index contributed by atoms with van der Waals surface area (Å²) in [5.74, 6) is 5.99. The standard InChI is InChI=1S/C7H9BrN2O/c1-11-7-3-2-5(10-9)4-6(7)8/h2-4,10H,9H2,1H3. The van der Waals surface area contributed by atoms with Crippen molar-refractivity contribution >= 4 is 21.6 Å². The molecule has 0 fully saturated rings. The molecule has 0 radical (unpaired) electrons. The van der Waals surface area contributed by atoms with E-state index in [1.165, 1.54) is 0 Å². The summed E-state index contributed by atoms with van der Waals surface area (Å²) >= 11 is 3.33. The number of hydrogen-bond donors (Lipinski definition) is 2. The predicted molar refractivity (Wildman–Crippen MR) is 48.5 cm³/mol. The molecule has 0 saturated heterocycles. The van der Waals surface area contributed by atoms with Gasteiger partial charge >= 0.3 is 0 Å². The van der Waals surface area contributed by atoms with Crippen molar-refractivity contribution in [1.82, 2.24) is 0 Å². The van der Waals surface area contributed by atoms with Gasteiger partial charge in [0.1, 0.15) is 5.75 Å². The lowest BCUT2D eigenvalue weighted by atomic mass is 10.3. The fourth-order valence-electron chi connectivity index (χ4n) is 0.756. The van der Waals surface area contributed by atoms with Gasteiger partial charge in [0, 0.05) is 5.69 Å². The van der Waals surface area contributed by atoms with Crippen LogP contribution >= 0.6 is 15.9 Å². The molecule has 1 aromatic carbocycles. The molecule has 0 saturated carbocycles. The molecular formula is C7H9BrN2O. The van der Waals surface area contributed by atoms with Gasteiger partial charge in [-0.25, -0.2) is 0 Å². The van der Waals surface area contributed by atoms with Gasteiger partial charge in [-0.2, -0.15) is 0 Å². The van der Waals surface area contributed by atoms with Crippen LogP contribution in [0, 0.1) is 0 Å². The summed E-state index contributed by atoms with van der Waals surface area (Å²) in [4.78, 5) is 0. The van der Waals surface area contributed by atoms with E-state index in [0.717, 1.165) is 15.9 Å². The van der Waals surface area contributed by atoms with Crippen LogP contribution in [-0.4, -0.2) is 7.11 Å². The smallest absolute Gasteiger partial charge is 0.133 e. The molecule has 60 valence electrons. The number of rotatable bonds is 2. The van der Waals surface area contributed by atoms with Gasteiger partial charge in [0.25, 0.3) is 0 Å². The average Bonchev–Trinajstić information content (AvgIpc) is 2.04. The van der Waals surface area contributed by atoms with Crippen LogP contribution in [0.15, 0.2) is 22.7 Å². The third-order valence-corrected chi connectivity index (χ3v) is 1.94. The third-order valence-electron chi connectivity index (χ3n) is 1.32. The van der Waals surface area contributed by atoms with Gasteiger partial charge < -0.3 is 10.2 Å². The molecule has 0 spiro atoms. The van der Waals surface area contributed by atoms with Gasteiger partial charge in [0.15, 0.2) is 0 Å². The second-order valence-electron chi connectivity index (χ2n) is 1.99. The van der Waals surface area contributed by atoms with Crippen molar-refractivity contribution in [3.63, 3.8) is 0 Å². The molecule has 1 aromatic rings. The third kappa shape index (κ3) is 1.85. The number of anilines is 1. The summed E-state index contributed by atoms with van der Waals surface area (Å²) in [6.45, 7) is 0. The summed E-state index contributed by atoms with van der Waals surface area (Å²) in [5, 5.41) is 0. The lowest BCUT2D eigenvalue weighted by molar-refractivity contribution is 0.412. The zero-order valence-electron chi connectivity index (χ0n) is 6.10. The van der Waals surface area contributed by atoms with E-state index in [-0.39, 0.29) is 0 Å². The van der Waals surface area contributed by atoms with Crippen molar-refractivity contribution in [3.8, 4) is 5.75 Å². The highest BCUT2D eigenvalue weighted by Gasteiger charge is 1.98. The van der Waals surface area contributed by atoms with Crippen molar-refractivity contribution in [2.45, 2.75) is 0 Å². The Bertz CT molecular complexity index is 252. The largest absolute Gasteiger partial charge is 0.496 e. The topological polar surface area (TPSA) is 47.3 Å². The predicted octanol–water partition coefficient (Wildman–Crippen LogP) is 1.74. The minimum absolute atomic E-state index is 0.795. The summed E-state index contributed by atoms with van der Waals surface area (Å²) in [6.07, 6.45) is 0. The second-order valence-corrected chi connectivity index (χ2v) is 2.85. The van der Waals surface area contributed by atoms with Crippen LogP contribution in [0.3, 0.4) is 0 Å². The maximum absolute atomic E-state index is 5.20. The Morgan fingerprint density at radius 2 is 2.27 bits per heavy atom. The van der Waals surface area contributed by atoms with Crippen LogP contribution in [0.4, 0.5) is 5.69 Å². The molecule has 0 aliphatic rings. The SMILES string of the molecule is COc1ccc(NN)cc1Br. The van der Waals surface area contributed by atoms with Crippen LogP contribution in [0.1, 0.15) is 0 Å². The van der Waals surface area contributed by atoms with Gasteiger partial charge in [0.2, 0.25) is 0 Å². The molecule has 1 rings (SSSR count). The van der Waals surface area contributed by atoms with Crippen molar-refractivity contribution in [2.24, 2.45) is 5.84 Å². The van der Waals surface area contributed by atoms with E-state index in [1.54, 1.807) is 7.11 Å². The van der Waals surface area contributed by atoms with Gasteiger partial charge in [0.05, 0.1) is 11.6 Å². The average molecular weight is 217 g/mol. The first-order chi connectivity index (χ1) is 5.27. The summed E-state index contributed by atoms with van der Waals surface area (Å²) in [6, 6.07) is 5.52. The van der Waals surface area contributed by atoms with E-state index in [9.17, 15) is 0 Å². The lowest BCUT2D eigenvalue weighted by Crippen LogP contribution is -2.06. The maximum Gasteiger partial charge on any atom is 0.133 e. The molecule has 0 atom stereocenters. The Balaban J connectivity index is 2.99. The molecule has 3 N–H and O–H groups in total. The van der Waals surface area contributed by atoms with Crippen molar-refractivity contribution < 1.29 is 4.74 Å². The van der Waals surface area contributed by atoms with Crippen molar-refractivity contribution in [1.29, 1.82) is 0 Å². The van der Waals surface area contributed by atoms with Crippen LogP contribution in [0.5, 0.6) is 5.75 Å². The number of nitrogens with one attached hydrogen (secondary N) is 1. The molecule has 0 aromatic heterocycles. The Hall–Kier alpha value is -0.740. The van der Waals surface area contributed by atoms with Gasteiger partial charge in [-0.05, 0) is 34.1 Å². The molecule has 4 heteroatoms. The van der Waals surface area contributed by atoms with E-state index in [2.05, 4.69) is 21.4 Å². The van der Waals surface area contributed by atoms with Crippen molar-refractivity contribution in [3.05, 3.63) is 22.7 Å². The molecular weight excluding hydrogens is 208 g/mol. The minimum Gasteiger partial charge on any atom is -0.496 e. The normalized spacial score (nSPS) is 9.36. The second kappa shape index (κ2) is 3.59. The van der Waals surface area contributed by atoms with Crippen LogP contribution in [0.25, 0.3) is 0 Å². The van der Waals surface area contributed by atoms with Gasteiger partial charge in [-0.3, -0.25) is 5.84 Å². The number of hydrogen-bond acceptors (Lipinski definition) is 3.